The third-order valence-electron chi connectivity index (χ3n) is 3.55. The molecule has 3 rings (SSSR count). The minimum absolute atomic E-state index is 0.124. The molecule has 0 aliphatic carbocycles. The van der Waals surface area contributed by atoms with Crippen molar-refractivity contribution in [2.45, 2.75) is 24.9 Å². The van der Waals surface area contributed by atoms with Gasteiger partial charge in [0, 0.05) is 25.4 Å². The number of ether oxygens (including phenoxy) is 1. The van der Waals surface area contributed by atoms with Crippen molar-refractivity contribution in [3.8, 4) is 0 Å². The number of carbonyl (C=O) groups is 1. The van der Waals surface area contributed by atoms with Crippen LogP contribution >= 0.6 is 7.82 Å². The van der Waals surface area contributed by atoms with Crippen LogP contribution in [-0.2, 0) is 13.8 Å². The SMILES string of the molecule is O=C1N2C=CNC2=CCN1[C@@H]1O[C@H](COP(=O)(O)O)C[C@H]1O. The number of nitrogens with one attached hydrogen (secondary N) is 1. The van der Waals surface area contributed by atoms with Crippen LogP contribution in [-0.4, -0.2) is 62.3 Å². The Labute approximate surface area is 125 Å². The molecule has 3 heterocycles. The molecule has 3 atom stereocenters. The lowest BCUT2D eigenvalue weighted by atomic mass is 10.2. The van der Waals surface area contributed by atoms with E-state index in [0.717, 1.165) is 0 Å². The summed E-state index contributed by atoms with van der Waals surface area (Å²) in [7, 11) is -4.59. The zero-order valence-corrected chi connectivity index (χ0v) is 12.3. The molecule has 0 aromatic heterocycles. The monoisotopic (exact) mass is 333 g/mol. The Balaban J connectivity index is 1.64. The molecule has 0 aromatic rings. The quantitative estimate of drug-likeness (QED) is 0.493. The molecule has 0 spiro atoms. The first kappa shape index (κ1) is 15.5. The molecule has 22 heavy (non-hydrogen) atoms. The molecule has 0 radical (unpaired) electrons. The molecule has 0 bridgehead atoms. The van der Waals surface area contributed by atoms with Gasteiger partial charge in [-0.15, -0.1) is 0 Å². The van der Waals surface area contributed by atoms with E-state index in [2.05, 4.69) is 9.84 Å². The summed E-state index contributed by atoms with van der Waals surface area (Å²) in [6.07, 6.45) is 2.55. The standard InChI is InChI=1S/C11H16N3O7P/c15-8-5-7(6-20-22(17,18)19)21-10(8)14-3-1-9-12-2-4-13(9)11(14)16/h1-2,4,7-8,10,12,15H,3,5-6H2,(H2,17,18,19)/t7-,8+,10+/m0/s1. The van der Waals surface area contributed by atoms with Gasteiger partial charge in [0.25, 0.3) is 0 Å². The average molecular weight is 333 g/mol. The van der Waals surface area contributed by atoms with Crippen molar-refractivity contribution in [2.75, 3.05) is 13.2 Å². The highest BCUT2D eigenvalue weighted by Crippen LogP contribution is 2.37. The number of nitrogens with zero attached hydrogens (tertiary/aromatic N) is 2. The molecule has 10 nitrogen and oxygen atoms in total. The van der Waals surface area contributed by atoms with Gasteiger partial charge in [0.15, 0.2) is 6.23 Å². The fourth-order valence-corrected chi connectivity index (χ4v) is 2.94. The molecule has 122 valence electrons. The Kier molecular flexibility index (Phi) is 3.98. The smallest absolute Gasteiger partial charge is 0.388 e. The summed E-state index contributed by atoms with van der Waals surface area (Å²) in [5.41, 5.74) is 0. The van der Waals surface area contributed by atoms with E-state index in [-0.39, 0.29) is 25.6 Å². The number of fused-ring (bicyclic) bond motifs is 1. The maximum atomic E-state index is 12.3. The van der Waals surface area contributed by atoms with E-state index >= 15 is 0 Å². The molecule has 3 aliphatic rings. The first-order chi connectivity index (χ1) is 10.3. The van der Waals surface area contributed by atoms with Gasteiger partial charge < -0.3 is 24.9 Å². The van der Waals surface area contributed by atoms with Crippen LogP contribution in [0.2, 0.25) is 0 Å². The number of hydrogen-bond acceptors (Lipinski definition) is 6. The molecule has 1 fully saturated rings. The van der Waals surface area contributed by atoms with E-state index in [1.165, 1.54) is 9.80 Å². The van der Waals surface area contributed by atoms with Crippen molar-refractivity contribution in [1.29, 1.82) is 0 Å². The number of aliphatic hydroxyl groups excluding tert-OH is 1. The minimum atomic E-state index is -4.59. The molecular weight excluding hydrogens is 317 g/mol. The summed E-state index contributed by atoms with van der Waals surface area (Å²) in [5.74, 6) is 0.648. The number of hydrogen-bond donors (Lipinski definition) is 4. The molecule has 0 unspecified atom stereocenters. The second-order valence-corrected chi connectivity index (χ2v) is 6.33. The van der Waals surface area contributed by atoms with Gasteiger partial charge in [-0.3, -0.25) is 14.3 Å². The summed E-state index contributed by atoms with van der Waals surface area (Å²) >= 11 is 0. The second kappa shape index (κ2) is 5.65. The van der Waals surface area contributed by atoms with Gasteiger partial charge in [0.1, 0.15) is 11.9 Å². The maximum absolute atomic E-state index is 12.3. The van der Waals surface area contributed by atoms with Crippen LogP contribution in [0.15, 0.2) is 24.3 Å². The predicted molar refractivity (Wildman–Crippen MR) is 71.6 cm³/mol. The molecule has 0 saturated carbocycles. The van der Waals surface area contributed by atoms with E-state index in [4.69, 9.17) is 14.5 Å². The number of rotatable bonds is 4. The van der Waals surface area contributed by atoms with Crippen molar-refractivity contribution in [3.63, 3.8) is 0 Å². The van der Waals surface area contributed by atoms with Crippen molar-refractivity contribution in [3.05, 3.63) is 24.3 Å². The minimum Gasteiger partial charge on any atom is -0.388 e. The summed E-state index contributed by atoms with van der Waals surface area (Å²) in [6.45, 7) is -0.0979. The van der Waals surface area contributed by atoms with Crippen molar-refractivity contribution in [2.24, 2.45) is 0 Å². The molecule has 3 aliphatic heterocycles. The Morgan fingerprint density at radius 3 is 3.00 bits per heavy atom. The lowest BCUT2D eigenvalue weighted by Crippen LogP contribution is -2.52. The van der Waals surface area contributed by atoms with Gasteiger partial charge in [-0.25, -0.2) is 9.36 Å². The number of phosphoric ester groups is 1. The number of amides is 2. The van der Waals surface area contributed by atoms with Crippen molar-refractivity contribution in [1.82, 2.24) is 15.1 Å². The van der Waals surface area contributed by atoms with Gasteiger partial charge in [-0.2, -0.15) is 0 Å². The van der Waals surface area contributed by atoms with Crippen molar-refractivity contribution >= 4 is 13.9 Å². The van der Waals surface area contributed by atoms with Crippen LogP contribution in [0.4, 0.5) is 4.79 Å². The van der Waals surface area contributed by atoms with E-state index in [9.17, 15) is 14.5 Å². The fraction of sp³-hybridized carbons (Fsp3) is 0.545. The first-order valence-corrected chi connectivity index (χ1v) is 8.15. The fourth-order valence-electron chi connectivity index (χ4n) is 2.58. The molecule has 2 amide bonds. The Morgan fingerprint density at radius 1 is 1.50 bits per heavy atom. The zero-order chi connectivity index (χ0) is 15.9. The van der Waals surface area contributed by atoms with Gasteiger partial charge in [0.2, 0.25) is 0 Å². The molecule has 0 aromatic carbocycles. The summed E-state index contributed by atoms with van der Waals surface area (Å²) in [4.78, 5) is 32.4. The van der Waals surface area contributed by atoms with E-state index in [1.807, 2.05) is 0 Å². The Morgan fingerprint density at radius 2 is 2.27 bits per heavy atom. The van der Waals surface area contributed by atoms with E-state index in [1.54, 1.807) is 18.5 Å². The predicted octanol–water partition coefficient (Wildman–Crippen LogP) is -0.775. The highest BCUT2D eigenvalue weighted by Gasteiger charge is 2.43. The maximum Gasteiger partial charge on any atom is 0.469 e. The van der Waals surface area contributed by atoms with Gasteiger partial charge in [-0.1, -0.05) is 0 Å². The normalized spacial score (nSPS) is 31.3. The van der Waals surface area contributed by atoms with E-state index in [0.29, 0.717) is 5.82 Å². The first-order valence-electron chi connectivity index (χ1n) is 6.62. The summed E-state index contributed by atoms with van der Waals surface area (Å²) in [5, 5.41) is 13.0. The number of carbonyl (C=O) groups excluding carboxylic acids is 1. The van der Waals surface area contributed by atoms with Crippen molar-refractivity contribution < 1.29 is 33.5 Å². The lowest BCUT2D eigenvalue weighted by Gasteiger charge is -2.35. The van der Waals surface area contributed by atoms with Gasteiger partial charge >= 0.3 is 13.9 Å². The third-order valence-corrected chi connectivity index (χ3v) is 4.03. The molecule has 11 heteroatoms. The third kappa shape index (κ3) is 3.02. The summed E-state index contributed by atoms with van der Waals surface area (Å²) < 4.78 is 20.6. The van der Waals surface area contributed by atoms with Crippen LogP contribution < -0.4 is 5.32 Å². The molecule has 1 saturated heterocycles. The topological polar surface area (TPSA) is 132 Å². The summed E-state index contributed by atoms with van der Waals surface area (Å²) in [6, 6.07) is -0.348. The highest BCUT2D eigenvalue weighted by atomic mass is 31.2. The van der Waals surface area contributed by atoms with Crippen LogP contribution in [0.25, 0.3) is 0 Å². The number of aliphatic hydroxyl groups is 1. The number of phosphoric acid groups is 1. The van der Waals surface area contributed by atoms with E-state index < -0.39 is 26.3 Å². The second-order valence-electron chi connectivity index (χ2n) is 5.09. The van der Waals surface area contributed by atoms with Crippen LogP contribution in [0, 0.1) is 0 Å². The Bertz CT molecular complexity index is 574. The van der Waals surface area contributed by atoms with Crippen LogP contribution in [0.5, 0.6) is 0 Å². The number of urea groups is 1. The largest absolute Gasteiger partial charge is 0.469 e. The average Bonchev–Trinajstić information content (AvgIpc) is 3.03. The highest BCUT2D eigenvalue weighted by molar-refractivity contribution is 7.46. The Hall–Kier alpha value is -1.42. The van der Waals surface area contributed by atoms with Gasteiger partial charge in [-0.05, 0) is 6.08 Å². The zero-order valence-electron chi connectivity index (χ0n) is 11.4. The van der Waals surface area contributed by atoms with Crippen LogP contribution in [0.1, 0.15) is 6.42 Å². The van der Waals surface area contributed by atoms with Crippen LogP contribution in [0.3, 0.4) is 0 Å². The lowest BCUT2D eigenvalue weighted by molar-refractivity contribution is -0.0787. The molecular formula is C11H16N3O7P. The van der Waals surface area contributed by atoms with Gasteiger partial charge in [0.05, 0.1) is 12.7 Å². The molecule has 4 N–H and O–H groups in total.